The van der Waals surface area contributed by atoms with Crippen molar-refractivity contribution >= 4 is 56.3 Å². The van der Waals surface area contributed by atoms with E-state index < -0.39 is 0 Å². The second-order valence-electron chi connectivity index (χ2n) is 7.52. The van der Waals surface area contributed by atoms with Crippen LogP contribution < -0.4 is 10.6 Å². The molecule has 2 amide bonds. The molecule has 2 N–H and O–H groups in total. The summed E-state index contributed by atoms with van der Waals surface area (Å²) in [5.41, 5.74) is 2.39. The third-order valence-electron chi connectivity index (χ3n) is 5.16. The molecule has 6 nitrogen and oxygen atoms in total. The lowest BCUT2D eigenvalue weighted by atomic mass is 9.97. The molecule has 0 bridgehead atoms. The Morgan fingerprint density at radius 3 is 2.43 bits per heavy atom. The van der Waals surface area contributed by atoms with Gasteiger partial charge in [-0.15, -0.1) is 11.3 Å². The quantitative estimate of drug-likeness (QED) is 0.599. The normalized spacial score (nSPS) is 15.3. The minimum atomic E-state index is -0.121. The van der Waals surface area contributed by atoms with Crippen LogP contribution in [0.4, 0.5) is 11.4 Å². The van der Waals surface area contributed by atoms with Gasteiger partial charge < -0.3 is 10.6 Å². The largest absolute Gasteiger partial charge is 0.326 e. The van der Waals surface area contributed by atoms with Gasteiger partial charge in [-0.1, -0.05) is 11.6 Å². The van der Waals surface area contributed by atoms with E-state index in [2.05, 4.69) is 15.5 Å². The number of nitrogens with zero attached hydrogens (tertiary/aromatic N) is 2. The number of anilines is 2. The summed E-state index contributed by atoms with van der Waals surface area (Å²) in [6, 6.07) is 13.0. The number of hydrogen-bond acceptors (Lipinski definition) is 5. The summed E-state index contributed by atoms with van der Waals surface area (Å²) in [4.78, 5) is 30.4. The highest BCUT2D eigenvalue weighted by Gasteiger charge is 2.24. The summed E-state index contributed by atoms with van der Waals surface area (Å²) >= 11 is 7.81. The Bertz CT molecular complexity index is 1060. The van der Waals surface area contributed by atoms with Crippen molar-refractivity contribution in [1.29, 1.82) is 0 Å². The summed E-state index contributed by atoms with van der Waals surface area (Å²) < 4.78 is 1.17. The van der Waals surface area contributed by atoms with E-state index in [1.165, 1.54) is 11.6 Å². The van der Waals surface area contributed by atoms with Gasteiger partial charge in [0, 0.05) is 29.2 Å². The van der Waals surface area contributed by atoms with Crippen LogP contribution in [0.15, 0.2) is 42.5 Å². The van der Waals surface area contributed by atoms with Crippen molar-refractivity contribution in [3.63, 3.8) is 0 Å². The number of carbonyl (C=O) groups excluding carboxylic acids is 2. The molecule has 1 aliphatic rings. The molecule has 0 radical (unpaired) electrons. The zero-order valence-electron chi connectivity index (χ0n) is 16.7. The summed E-state index contributed by atoms with van der Waals surface area (Å²) in [6.07, 6.45) is 1.98. The maximum atomic E-state index is 12.4. The molecular weight excluding hydrogens is 420 g/mol. The number of amides is 2. The van der Waals surface area contributed by atoms with Crippen LogP contribution in [0.5, 0.6) is 0 Å². The van der Waals surface area contributed by atoms with Crippen molar-refractivity contribution in [2.45, 2.75) is 25.7 Å². The monoisotopic (exact) mass is 442 g/mol. The standard InChI is InChI=1S/C22H23ClN4O2S/c1-14(28)24-17-3-5-18(6-4-17)25-21(29)13-27-10-8-15(9-11-27)22-26-19-12-16(23)2-7-20(19)30-22/h2-7,12,15H,8-11,13H2,1H3,(H,24,28)(H,25,29). The second-order valence-corrected chi connectivity index (χ2v) is 9.02. The Balaban J connectivity index is 1.27. The van der Waals surface area contributed by atoms with E-state index >= 15 is 0 Å². The molecule has 0 spiro atoms. The fourth-order valence-electron chi connectivity index (χ4n) is 3.67. The van der Waals surface area contributed by atoms with E-state index in [1.54, 1.807) is 35.6 Å². The Labute approximate surface area is 184 Å². The molecule has 1 aromatic heterocycles. The van der Waals surface area contributed by atoms with Gasteiger partial charge in [0.2, 0.25) is 11.8 Å². The van der Waals surface area contributed by atoms with Crippen LogP contribution in [0.25, 0.3) is 10.2 Å². The minimum absolute atomic E-state index is 0.0321. The number of hydrogen-bond donors (Lipinski definition) is 2. The number of carbonyl (C=O) groups is 2. The van der Waals surface area contributed by atoms with E-state index in [0.29, 0.717) is 23.2 Å². The molecule has 2 aromatic carbocycles. The summed E-state index contributed by atoms with van der Waals surface area (Å²) in [5, 5.41) is 7.50. The van der Waals surface area contributed by atoms with Crippen LogP contribution in [0.1, 0.15) is 30.7 Å². The molecular formula is C22H23ClN4O2S. The van der Waals surface area contributed by atoms with Crippen molar-refractivity contribution in [2.75, 3.05) is 30.3 Å². The van der Waals surface area contributed by atoms with Gasteiger partial charge in [-0.05, 0) is 68.4 Å². The maximum absolute atomic E-state index is 12.4. The van der Waals surface area contributed by atoms with Gasteiger partial charge >= 0.3 is 0 Å². The fourth-order valence-corrected chi connectivity index (χ4v) is 4.96. The van der Waals surface area contributed by atoms with Crippen molar-refractivity contribution < 1.29 is 9.59 Å². The Hall–Kier alpha value is -2.48. The Morgan fingerprint density at radius 1 is 1.10 bits per heavy atom. The van der Waals surface area contributed by atoms with Crippen LogP contribution in [0.3, 0.4) is 0 Å². The first kappa shape index (κ1) is 20.8. The average Bonchev–Trinajstić information content (AvgIpc) is 3.13. The highest BCUT2D eigenvalue weighted by atomic mass is 35.5. The lowest BCUT2D eigenvalue weighted by Crippen LogP contribution is -2.38. The SMILES string of the molecule is CC(=O)Nc1ccc(NC(=O)CN2CCC(c3nc4cc(Cl)ccc4s3)CC2)cc1. The van der Waals surface area contributed by atoms with Gasteiger partial charge in [0.05, 0.1) is 21.8 Å². The van der Waals surface area contributed by atoms with Crippen molar-refractivity contribution in [3.05, 3.63) is 52.5 Å². The van der Waals surface area contributed by atoms with Gasteiger partial charge in [0.1, 0.15) is 0 Å². The number of likely N-dealkylation sites (tertiary alicyclic amines) is 1. The predicted molar refractivity (Wildman–Crippen MR) is 122 cm³/mol. The predicted octanol–water partition coefficient (Wildman–Crippen LogP) is 4.73. The lowest BCUT2D eigenvalue weighted by Gasteiger charge is -2.30. The minimum Gasteiger partial charge on any atom is -0.326 e. The van der Waals surface area contributed by atoms with Crippen molar-refractivity contribution in [2.24, 2.45) is 0 Å². The third-order valence-corrected chi connectivity index (χ3v) is 6.59. The molecule has 3 aromatic rings. The smallest absolute Gasteiger partial charge is 0.238 e. The lowest BCUT2D eigenvalue weighted by molar-refractivity contribution is -0.117. The number of piperidine rings is 1. The Kier molecular flexibility index (Phi) is 6.32. The van der Waals surface area contributed by atoms with Gasteiger partial charge in [-0.3, -0.25) is 14.5 Å². The zero-order valence-corrected chi connectivity index (χ0v) is 18.2. The topological polar surface area (TPSA) is 74.3 Å². The molecule has 0 atom stereocenters. The number of aromatic nitrogens is 1. The fraction of sp³-hybridized carbons (Fsp3) is 0.318. The van der Waals surface area contributed by atoms with Gasteiger partial charge in [0.15, 0.2) is 0 Å². The first-order chi connectivity index (χ1) is 14.5. The highest BCUT2D eigenvalue weighted by Crippen LogP contribution is 2.34. The molecule has 0 aliphatic carbocycles. The first-order valence-corrected chi connectivity index (χ1v) is 11.1. The van der Waals surface area contributed by atoms with Crippen LogP contribution in [0, 0.1) is 0 Å². The van der Waals surface area contributed by atoms with Gasteiger partial charge in [-0.2, -0.15) is 0 Å². The summed E-state index contributed by atoms with van der Waals surface area (Å²) in [5.74, 6) is 0.280. The summed E-state index contributed by atoms with van der Waals surface area (Å²) in [6.45, 7) is 3.58. The van der Waals surface area contributed by atoms with Crippen molar-refractivity contribution in [3.8, 4) is 0 Å². The number of fused-ring (bicyclic) bond motifs is 1. The van der Waals surface area contributed by atoms with Crippen LogP contribution in [-0.2, 0) is 9.59 Å². The van der Waals surface area contributed by atoms with E-state index in [-0.39, 0.29) is 11.8 Å². The number of benzene rings is 2. The second kappa shape index (κ2) is 9.12. The zero-order chi connectivity index (χ0) is 21.1. The van der Waals surface area contributed by atoms with E-state index in [0.717, 1.165) is 42.1 Å². The van der Waals surface area contributed by atoms with Crippen molar-refractivity contribution in [1.82, 2.24) is 9.88 Å². The first-order valence-electron chi connectivity index (χ1n) is 9.92. The van der Waals surface area contributed by atoms with Crippen LogP contribution in [0.2, 0.25) is 5.02 Å². The van der Waals surface area contributed by atoms with Gasteiger partial charge in [-0.25, -0.2) is 4.98 Å². The number of thiazole rings is 1. The van der Waals surface area contributed by atoms with Crippen LogP contribution >= 0.6 is 22.9 Å². The molecule has 1 aliphatic heterocycles. The van der Waals surface area contributed by atoms with Gasteiger partial charge in [0.25, 0.3) is 0 Å². The van der Waals surface area contributed by atoms with Crippen LogP contribution in [-0.4, -0.2) is 41.3 Å². The van der Waals surface area contributed by atoms with E-state index in [4.69, 9.17) is 16.6 Å². The molecule has 1 fully saturated rings. The molecule has 0 unspecified atom stereocenters. The molecule has 1 saturated heterocycles. The molecule has 8 heteroatoms. The molecule has 156 valence electrons. The third kappa shape index (κ3) is 5.16. The maximum Gasteiger partial charge on any atom is 0.238 e. The molecule has 0 saturated carbocycles. The number of halogens is 1. The molecule has 30 heavy (non-hydrogen) atoms. The highest BCUT2D eigenvalue weighted by molar-refractivity contribution is 7.18. The molecule has 4 rings (SSSR count). The number of nitrogens with one attached hydrogen (secondary N) is 2. The summed E-state index contributed by atoms with van der Waals surface area (Å²) in [7, 11) is 0. The van der Waals surface area contributed by atoms with E-state index in [1.807, 2.05) is 18.2 Å². The Morgan fingerprint density at radius 2 is 1.77 bits per heavy atom. The molecule has 2 heterocycles. The number of rotatable bonds is 5. The average molecular weight is 443 g/mol. The van der Waals surface area contributed by atoms with E-state index in [9.17, 15) is 9.59 Å².